The Labute approximate surface area is 126 Å². The fourth-order valence-electron chi connectivity index (χ4n) is 2.44. The molecule has 4 heteroatoms. The average Bonchev–Trinajstić information content (AvgIpc) is 2.46. The predicted molar refractivity (Wildman–Crippen MR) is 82.4 cm³/mol. The highest BCUT2D eigenvalue weighted by Crippen LogP contribution is 2.15. The molecule has 1 amide bonds. The van der Waals surface area contributed by atoms with Crippen molar-refractivity contribution >= 4 is 5.91 Å². The molecule has 1 aliphatic heterocycles. The van der Waals surface area contributed by atoms with Crippen LogP contribution >= 0.6 is 0 Å². The Morgan fingerprint density at radius 2 is 2.29 bits per heavy atom. The van der Waals surface area contributed by atoms with Gasteiger partial charge in [0.15, 0.2) is 0 Å². The molecule has 1 heterocycles. The van der Waals surface area contributed by atoms with Crippen LogP contribution in [0.3, 0.4) is 0 Å². The molecular formula is C17H25NO3. The Morgan fingerprint density at radius 3 is 2.95 bits per heavy atom. The first-order valence-corrected chi connectivity index (χ1v) is 7.64. The van der Waals surface area contributed by atoms with Gasteiger partial charge in [-0.25, -0.2) is 0 Å². The summed E-state index contributed by atoms with van der Waals surface area (Å²) in [6.07, 6.45) is 3.41. The summed E-state index contributed by atoms with van der Waals surface area (Å²) in [4.78, 5) is 12.3. The van der Waals surface area contributed by atoms with Gasteiger partial charge in [-0.15, -0.1) is 0 Å². The molecule has 4 nitrogen and oxygen atoms in total. The van der Waals surface area contributed by atoms with Gasteiger partial charge < -0.3 is 15.2 Å². The van der Waals surface area contributed by atoms with E-state index in [2.05, 4.69) is 5.32 Å². The van der Waals surface area contributed by atoms with E-state index in [0.29, 0.717) is 18.6 Å². The van der Waals surface area contributed by atoms with Gasteiger partial charge in [0.25, 0.3) is 5.91 Å². The minimum Gasteiger partial charge on any atom is -0.390 e. The second kappa shape index (κ2) is 7.05. The van der Waals surface area contributed by atoms with E-state index < -0.39 is 5.60 Å². The van der Waals surface area contributed by atoms with Crippen LogP contribution in [-0.2, 0) is 11.2 Å². The number of amides is 1. The van der Waals surface area contributed by atoms with Crippen LogP contribution in [0, 0.1) is 0 Å². The third kappa shape index (κ3) is 5.48. The largest absolute Gasteiger partial charge is 0.390 e. The molecule has 0 unspecified atom stereocenters. The molecule has 1 saturated heterocycles. The van der Waals surface area contributed by atoms with Gasteiger partial charge in [-0.1, -0.05) is 12.1 Å². The molecule has 2 N–H and O–H groups in total. The fourth-order valence-corrected chi connectivity index (χ4v) is 2.44. The minimum absolute atomic E-state index is 0.0457. The zero-order valence-electron chi connectivity index (χ0n) is 12.9. The van der Waals surface area contributed by atoms with Crippen molar-refractivity contribution in [3.63, 3.8) is 0 Å². The van der Waals surface area contributed by atoms with E-state index in [-0.39, 0.29) is 11.9 Å². The zero-order valence-corrected chi connectivity index (χ0v) is 12.9. The summed E-state index contributed by atoms with van der Waals surface area (Å²) < 4.78 is 5.38. The normalized spacial score (nSPS) is 19.3. The van der Waals surface area contributed by atoms with Crippen molar-refractivity contribution in [2.45, 2.75) is 51.2 Å². The molecule has 116 valence electrons. The standard InChI is InChI=1S/C17H25NO3/c1-17(2,20)9-8-13-5-3-6-14(11-13)16(19)18-15-7-4-10-21-12-15/h3,5-6,11,15,20H,4,7-10,12H2,1-2H3,(H,18,19)/t15-/m1/s1. The molecule has 0 aliphatic carbocycles. The van der Waals surface area contributed by atoms with Gasteiger partial charge in [0, 0.05) is 12.2 Å². The summed E-state index contributed by atoms with van der Waals surface area (Å²) in [5, 5.41) is 12.8. The maximum Gasteiger partial charge on any atom is 0.251 e. The summed E-state index contributed by atoms with van der Waals surface area (Å²) in [7, 11) is 0. The topological polar surface area (TPSA) is 58.6 Å². The number of rotatable bonds is 5. The van der Waals surface area contributed by atoms with Crippen LogP contribution in [0.15, 0.2) is 24.3 Å². The number of carbonyl (C=O) groups excluding carboxylic acids is 1. The van der Waals surface area contributed by atoms with E-state index in [9.17, 15) is 9.90 Å². The number of aryl methyl sites for hydroxylation is 1. The molecule has 2 rings (SSSR count). The molecule has 0 bridgehead atoms. The number of benzene rings is 1. The molecule has 1 aliphatic rings. The summed E-state index contributed by atoms with van der Waals surface area (Å²) in [5.74, 6) is -0.0457. The quantitative estimate of drug-likeness (QED) is 0.875. The van der Waals surface area contributed by atoms with Gasteiger partial charge in [-0.05, 0) is 57.2 Å². The minimum atomic E-state index is -0.683. The lowest BCUT2D eigenvalue weighted by molar-refractivity contribution is 0.0624. The molecule has 1 aromatic rings. The van der Waals surface area contributed by atoms with Crippen LogP contribution in [0.1, 0.15) is 49.0 Å². The number of hydrogen-bond donors (Lipinski definition) is 2. The van der Waals surface area contributed by atoms with Crippen molar-refractivity contribution in [1.29, 1.82) is 0 Å². The Morgan fingerprint density at radius 1 is 1.48 bits per heavy atom. The zero-order chi connectivity index (χ0) is 15.3. The third-order valence-electron chi connectivity index (χ3n) is 3.71. The second-order valence-corrected chi connectivity index (χ2v) is 6.40. The number of carbonyl (C=O) groups is 1. The van der Waals surface area contributed by atoms with Gasteiger partial charge in [-0.2, -0.15) is 0 Å². The summed E-state index contributed by atoms with van der Waals surface area (Å²) in [5.41, 5.74) is 1.07. The van der Waals surface area contributed by atoms with E-state index >= 15 is 0 Å². The lowest BCUT2D eigenvalue weighted by Gasteiger charge is -2.23. The number of hydrogen-bond acceptors (Lipinski definition) is 3. The maximum atomic E-state index is 12.3. The molecule has 0 aromatic heterocycles. The SMILES string of the molecule is CC(C)(O)CCc1cccc(C(=O)N[C@@H]2CCCOC2)c1. The van der Waals surface area contributed by atoms with Gasteiger partial charge >= 0.3 is 0 Å². The van der Waals surface area contributed by atoms with Gasteiger partial charge in [0.2, 0.25) is 0 Å². The Kier molecular flexibility index (Phi) is 5.37. The molecule has 0 spiro atoms. The van der Waals surface area contributed by atoms with Crippen molar-refractivity contribution in [3.05, 3.63) is 35.4 Å². The van der Waals surface area contributed by atoms with Crippen LogP contribution in [0.4, 0.5) is 0 Å². The highest BCUT2D eigenvalue weighted by atomic mass is 16.5. The van der Waals surface area contributed by atoms with Crippen LogP contribution in [0.5, 0.6) is 0 Å². The monoisotopic (exact) mass is 291 g/mol. The van der Waals surface area contributed by atoms with E-state index in [4.69, 9.17) is 4.74 Å². The molecular weight excluding hydrogens is 266 g/mol. The van der Waals surface area contributed by atoms with Crippen LogP contribution in [0.25, 0.3) is 0 Å². The summed E-state index contributed by atoms with van der Waals surface area (Å²) >= 11 is 0. The predicted octanol–water partition coefficient (Wildman–Crippen LogP) is 2.30. The Bertz CT molecular complexity index is 473. The second-order valence-electron chi connectivity index (χ2n) is 6.40. The first-order valence-electron chi connectivity index (χ1n) is 7.64. The maximum absolute atomic E-state index is 12.3. The van der Waals surface area contributed by atoms with Crippen molar-refractivity contribution < 1.29 is 14.6 Å². The molecule has 1 aromatic carbocycles. The third-order valence-corrected chi connectivity index (χ3v) is 3.71. The van der Waals surface area contributed by atoms with Crippen molar-refractivity contribution in [3.8, 4) is 0 Å². The Balaban J connectivity index is 1.94. The lowest BCUT2D eigenvalue weighted by Crippen LogP contribution is -2.40. The van der Waals surface area contributed by atoms with E-state index in [0.717, 1.165) is 31.4 Å². The molecule has 1 fully saturated rings. The van der Waals surface area contributed by atoms with Crippen molar-refractivity contribution in [1.82, 2.24) is 5.32 Å². The van der Waals surface area contributed by atoms with Crippen LogP contribution < -0.4 is 5.32 Å². The number of ether oxygens (including phenoxy) is 1. The smallest absolute Gasteiger partial charge is 0.251 e. The van der Waals surface area contributed by atoms with E-state index in [1.165, 1.54) is 0 Å². The van der Waals surface area contributed by atoms with Gasteiger partial charge in [0.1, 0.15) is 0 Å². The highest BCUT2D eigenvalue weighted by molar-refractivity contribution is 5.94. The molecule has 1 atom stereocenters. The molecule has 21 heavy (non-hydrogen) atoms. The van der Waals surface area contributed by atoms with Crippen molar-refractivity contribution in [2.75, 3.05) is 13.2 Å². The van der Waals surface area contributed by atoms with Crippen molar-refractivity contribution in [2.24, 2.45) is 0 Å². The summed E-state index contributed by atoms with van der Waals surface area (Å²) in [6, 6.07) is 7.74. The van der Waals surface area contributed by atoms with E-state index in [1.54, 1.807) is 13.8 Å². The van der Waals surface area contributed by atoms with Gasteiger partial charge in [-0.3, -0.25) is 4.79 Å². The first-order chi connectivity index (χ1) is 9.94. The first kappa shape index (κ1) is 16.0. The van der Waals surface area contributed by atoms with Crippen LogP contribution in [0.2, 0.25) is 0 Å². The highest BCUT2D eigenvalue weighted by Gasteiger charge is 2.17. The lowest BCUT2D eigenvalue weighted by atomic mass is 9.97. The molecule has 0 radical (unpaired) electrons. The molecule has 0 saturated carbocycles. The average molecular weight is 291 g/mol. The Hall–Kier alpha value is -1.39. The van der Waals surface area contributed by atoms with Crippen LogP contribution in [-0.4, -0.2) is 35.9 Å². The number of aliphatic hydroxyl groups is 1. The fraction of sp³-hybridized carbons (Fsp3) is 0.588. The van der Waals surface area contributed by atoms with E-state index in [1.807, 2.05) is 24.3 Å². The number of nitrogens with one attached hydrogen (secondary N) is 1. The summed E-state index contributed by atoms with van der Waals surface area (Å²) in [6.45, 7) is 4.99. The van der Waals surface area contributed by atoms with Gasteiger partial charge in [0.05, 0.1) is 18.2 Å².